The minimum absolute atomic E-state index is 0.0228. The van der Waals surface area contributed by atoms with Gasteiger partial charge in [0, 0.05) is 6.42 Å². The standard InChI is InChI=1S/C10H10ClFN2O2/c1-2-6-14-9(11)8(10(15)16)7(13-14)4-3-5-12/h2-3,5H,1,4,6H2,(H,15,16). The molecule has 0 atom stereocenters. The molecule has 0 saturated carbocycles. The van der Waals surface area contributed by atoms with E-state index < -0.39 is 5.97 Å². The van der Waals surface area contributed by atoms with Gasteiger partial charge >= 0.3 is 5.97 Å². The minimum atomic E-state index is -1.18. The van der Waals surface area contributed by atoms with Gasteiger partial charge in [0.05, 0.1) is 18.6 Å². The fourth-order valence-corrected chi connectivity index (χ4v) is 1.54. The molecule has 0 aliphatic rings. The van der Waals surface area contributed by atoms with Crippen molar-refractivity contribution in [3.05, 3.63) is 41.5 Å². The van der Waals surface area contributed by atoms with Crippen molar-refractivity contribution in [1.82, 2.24) is 9.78 Å². The third kappa shape index (κ3) is 2.49. The molecule has 0 aromatic carbocycles. The zero-order valence-electron chi connectivity index (χ0n) is 8.36. The first-order valence-corrected chi connectivity index (χ1v) is 4.84. The maximum atomic E-state index is 11.9. The topological polar surface area (TPSA) is 55.1 Å². The van der Waals surface area contributed by atoms with Crippen molar-refractivity contribution in [3.8, 4) is 0 Å². The Balaban J connectivity index is 3.19. The Morgan fingerprint density at radius 3 is 2.88 bits per heavy atom. The molecule has 0 aliphatic heterocycles. The van der Waals surface area contributed by atoms with Crippen LogP contribution in [0.4, 0.5) is 4.39 Å². The lowest BCUT2D eigenvalue weighted by Gasteiger charge is -1.96. The monoisotopic (exact) mass is 244 g/mol. The molecule has 1 aromatic rings. The normalized spacial score (nSPS) is 10.9. The van der Waals surface area contributed by atoms with Gasteiger partial charge in [-0.15, -0.1) is 6.58 Å². The van der Waals surface area contributed by atoms with Crippen molar-refractivity contribution in [3.63, 3.8) is 0 Å². The third-order valence-corrected chi connectivity index (χ3v) is 2.26. The van der Waals surface area contributed by atoms with E-state index in [-0.39, 0.29) is 22.8 Å². The van der Waals surface area contributed by atoms with E-state index in [1.54, 1.807) is 6.08 Å². The number of hydrogen-bond donors (Lipinski definition) is 1. The van der Waals surface area contributed by atoms with Gasteiger partial charge in [0.15, 0.2) is 0 Å². The van der Waals surface area contributed by atoms with Crippen molar-refractivity contribution < 1.29 is 14.3 Å². The van der Waals surface area contributed by atoms with Crippen molar-refractivity contribution in [2.45, 2.75) is 13.0 Å². The molecule has 4 nitrogen and oxygen atoms in total. The molecule has 0 aliphatic carbocycles. The zero-order valence-corrected chi connectivity index (χ0v) is 9.12. The van der Waals surface area contributed by atoms with E-state index >= 15 is 0 Å². The molecule has 0 fully saturated rings. The van der Waals surface area contributed by atoms with E-state index in [9.17, 15) is 9.18 Å². The summed E-state index contributed by atoms with van der Waals surface area (Å²) in [7, 11) is 0. The van der Waals surface area contributed by atoms with E-state index in [4.69, 9.17) is 16.7 Å². The van der Waals surface area contributed by atoms with Crippen LogP contribution in [0.25, 0.3) is 0 Å². The lowest BCUT2D eigenvalue weighted by Crippen LogP contribution is -2.00. The predicted molar refractivity (Wildman–Crippen MR) is 58.3 cm³/mol. The largest absolute Gasteiger partial charge is 0.478 e. The number of halogens is 2. The fourth-order valence-electron chi connectivity index (χ4n) is 1.24. The summed E-state index contributed by atoms with van der Waals surface area (Å²) in [5.41, 5.74) is 0.134. The van der Waals surface area contributed by atoms with Crippen molar-refractivity contribution >= 4 is 17.6 Å². The first-order valence-electron chi connectivity index (χ1n) is 4.46. The average Bonchev–Trinajstić information content (AvgIpc) is 2.53. The minimum Gasteiger partial charge on any atom is -0.478 e. The Labute approximate surface area is 96.6 Å². The average molecular weight is 245 g/mol. The van der Waals surface area contributed by atoms with Gasteiger partial charge < -0.3 is 5.11 Å². The third-order valence-electron chi connectivity index (χ3n) is 1.88. The molecule has 16 heavy (non-hydrogen) atoms. The van der Waals surface area contributed by atoms with Crippen molar-refractivity contribution in [1.29, 1.82) is 0 Å². The van der Waals surface area contributed by atoms with Crippen LogP contribution in [0.2, 0.25) is 5.15 Å². The number of rotatable bonds is 5. The Morgan fingerprint density at radius 2 is 2.38 bits per heavy atom. The smallest absolute Gasteiger partial charge is 0.340 e. The molecule has 6 heteroatoms. The van der Waals surface area contributed by atoms with Crippen LogP contribution in [-0.4, -0.2) is 20.9 Å². The van der Waals surface area contributed by atoms with E-state index in [0.717, 1.165) is 0 Å². The number of carboxylic acids is 1. The van der Waals surface area contributed by atoms with Crippen molar-refractivity contribution in [2.24, 2.45) is 0 Å². The van der Waals surface area contributed by atoms with Gasteiger partial charge in [-0.3, -0.25) is 0 Å². The molecule has 1 heterocycles. The molecule has 86 valence electrons. The van der Waals surface area contributed by atoms with Gasteiger partial charge in [-0.2, -0.15) is 5.10 Å². The highest BCUT2D eigenvalue weighted by Crippen LogP contribution is 2.21. The lowest BCUT2D eigenvalue weighted by molar-refractivity contribution is 0.0696. The number of nitrogens with zero attached hydrogens (tertiary/aromatic N) is 2. The van der Waals surface area contributed by atoms with E-state index in [1.165, 1.54) is 10.8 Å². The summed E-state index contributed by atoms with van der Waals surface area (Å²) < 4.78 is 13.2. The van der Waals surface area contributed by atoms with Crippen LogP contribution in [0.1, 0.15) is 16.1 Å². The molecule has 1 N–H and O–H groups in total. The number of carboxylic acid groups (broad SMARTS) is 1. The van der Waals surface area contributed by atoms with E-state index in [0.29, 0.717) is 12.9 Å². The zero-order chi connectivity index (χ0) is 12.1. The summed E-state index contributed by atoms with van der Waals surface area (Å²) in [5, 5.41) is 12.9. The number of carbonyl (C=O) groups is 1. The van der Waals surface area contributed by atoms with Crippen LogP contribution < -0.4 is 0 Å². The Kier molecular flexibility index (Phi) is 4.25. The second kappa shape index (κ2) is 5.46. The number of hydrogen-bond acceptors (Lipinski definition) is 2. The molecule has 0 bridgehead atoms. The first kappa shape index (κ1) is 12.4. The van der Waals surface area contributed by atoms with Crippen LogP contribution in [0.3, 0.4) is 0 Å². The van der Waals surface area contributed by atoms with Crippen LogP contribution in [0.15, 0.2) is 25.1 Å². The summed E-state index contributed by atoms with van der Waals surface area (Å²) in [6.45, 7) is 3.81. The number of aromatic nitrogens is 2. The SMILES string of the molecule is C=CCn1nc(CC=CF)c(C(=O)O)c1Cl. The summed E-state index contributed by atoms with van der Waals surface area (Å²) in [4.78, 5) is 10.9. The predicted octanol–water partition coefficient (Wildman–Crippen LogP) is 2.45. The van der Waals surface area contributed by atoms with Gasteiger partial charge in [0.2, 0.25) is 0 Å². The second-order valence-corrected chi connectivity index (χ2v) is 3.31. The second-order valence-electron chi connectivity index (χ2n) is 2.95. The number of aromatic carboxylic acids is 1. The van der Waals surface area contributed by atoms with Gasteiger partial charge in [-0.05, 0) is 0 Å². The van der Waals surface area contributed by atoms with Gasteiger partial charge in [0.1, 0.15) is 10.7 Å². The fraction of sp³-hybridized carbons (Fsp3) is 0.200. The summed E-state index contributed by atoms with van der Waals surface area (Å²) >= 11 is 5.84. The quantitative estimate of drug-likeness (QED) is 0.810. The molecular formula is C10H10ClFN2O2. The molecule has 0 unspecified atom stereocenters. The highest BCUT2D eigenvalue weighted by molar-refractivity contribution is 6.32. The van der Waals surface area contributed by atoms with Gasteiger partial charge in [0.25, 0.3) is 0 Å². The highest BCUT2D eigenvalue weighted by atomic mass is 35.5. The molecule has 1 rings (SSSR count). The summed E-state index contributed by atoms with van der Waals surface area (Å²) in [5.74, 6) is -1.18. The van der Waals surface area contributed by atoms with E-state index in [1.807, 2.05) is 0 Å². The molecule has 0 radical (unpaired) electrons. The van der Waals surface area contributed by atoms with Gasteiger partial charge in [-0.1, -0.05) is 23.8 Å². The molecular weight excluding hydrogens is 235 g/mol. The Morgan fingerprint density at radius 1 is 1.69 bits per heavy atom. The summed E-state index contributed by atoms with van der Waals surface area (Å²) in [6, 6.07) is 0. The Hall–Kier alpha value is -1.62. The van der Waals surface area contributed by atoms with Crippen molar-refractivity contribution in [2.75, 3.05) is 0 Å². The lowest BCUT2D eigenvalue weighted by atomic mass is 10.2. The van der Waals surface area contributed by atoms with E-state index in [2.05, 4.69) is 11.7 Å². The van der Waals surface area contributed by atoms with Crippen LogP contribution in [0.5, 0.6) is 0 Å². The molecule has 0 spiro atoms. The maximum absolute atomic E-state index is 11.9. The molecule has 0 saturated heterocycles. The maximum Gasteiger partial charge on any atom is 0.340 e. The Bertz CT molecular complexity index is 440. The molecule has 0 amide bonds. The van der Waals surface area contributed by atoms with Crippen LogP contribution >= 0.6 is 11.6 Å². The first-order chi connectivity index (χ1) is 7.61. The van der Waals surface area contributed by atoms with Crippen LogP contribution in [0, 0.1) is 0 Å². The molecule has 1 aromatic heterocycles. The van der Waals surface area contributed by atoms with Gasteiger partial charge in [-0.25, -0.2) is 13.9 Å². The van der Waals surface area contributed by atoms with Crippen LogP contribution in [-0.2, 0) is 13.0 Å². The highest BCUT2D eigenvalue weighted by Gasteiger charge is 2.20. The summed E-state index contributed by atoms with van der Waals surface area (Å²) in [6.07, 6.45) is 3.14. The number of allylic oxidation sites excluding steroid dienone is 2.